The molecule has 2 heterocycles. The number of aromatic nitrogens is 2. The summed E-state index contributed by atoms with van der Waals surface area (Å²) in [5, 5.41) is 6.78. The molecule has 9 heteroatoms. The summed E-state index contributed by atoms with van der Waals surface area (Å²) in [6.45, 7) is 3.76. The summed E-state index contributed by atoms with van der Waals surface area (Å²) < 4.78 is 43.5. The van der Waals surface area contributed by atoms with Crippen LogP contribution in [0.15, 0.2) is 39.8 Å². The van der Waals surface area contributed by atoms with Crippen LogP contribution < -0.4 is 14.2 Å². The molecule has 1 aromatic carbocycles. The van der Waals surface area contributed by atoms with Crippen LogP contribution in [-0.2, 0) is 10.0 Å². The fraction of sp³-hybridized carbons (Fsp3) is 0.235. The van der Waals surface area contributed by atoms with Gasteiger partial charge in [0.15, 0.2) is 17.3 Å². The molecule has 8 nitrogen and oxygen atoms in total. The van der Waals surface area contributed by atoms with Crippen LogP contribution in [0.1, 0.15) is 11.3 Å². The molecule has 0 aliphatic heterocycles. The van der Waals surface area contributed by atoms with Gasteiger partial charge in [0.1, 0.15) is 5.69 Å². The van der Waals surface area contributed by atoms with Gasteiger partial charge in [0.25, 0.3) is 10.0 Å². The van der Waals surface area contributed by atoms with Gasteiger partial charge in [0.2, 0.25) is 5.09 Å². The number of nitrogens with zero attached hydrogens (tertiary/aromatic N) is 1. The zero-order chi connectivity index (χ0) is 18.9. The van der Waals surface area contributed by atoms with Gasteiger partial charge in [-0.1, -0.05) is 0 Å². The maximum Gasteiger partial charge on any atom is 0.295 e. The van der Waals surface area contributed by atoms with E-state index in [-0.39, 0.29) is 5.09 Å². The lowest BCUT2D eigenvalue weighted by Gasteiger charge is -2.10. The van der Waals surface area contributed by atoms with Crippen molar-refractivity contribution in [2.24, 2.45) is 0 Å². The number of ether oxygens (including phenoxy) is 2. The van der Waals surface area contributed by atoms with E-state index >= 15 is 0 Å². The molecule has 26 heavy (non-hydrogen) atoms. The largest absolute Gasteiger partial charge is 0.493 e. The SMILES string of the molecule is COc1ccc(NS(=O)(=O)c2ccc(-c3n[nH]c(C)c3C)o2)cc1OC. The van der Waals surface area contributed by atoms with Crippen LogP contribution in [-0.4, -0.2) is 32.8 Å². The molecule has 0 fully saturated rings. The van der Waals surface area contributed by atoms with Crippen molar-refractivity contribution in [3.05, 3.63) is 41.6 Å². The van der Waals surface area contributed by atoms with Crippen LogP contribution in [0.5, 0.6) is 11.5 Å². The van der Waals surface area contributed by atoms with Gasteiger partial charge in [0, 0.05) is 17.3 Å². The van der Waals surface area contributed by atoms with E-state index in [1.165, 1.54) is 26.4 Å². The second-order valence-corrected chi connectivity index (χ2v) is 7.23. The maximum atomic E-state index is 12.6. The van der Waals surface area contributed by atoms with Crippen LogP contribution in [0.3, 0.4) is 0 Å². The molecule has 0 radical (unpaired) electrons. The highest BCUT2D eigenvalue weighted by Gasteiger charge is 2.22. The van der Waals surface area contributed by atoms with E-state index in [0.717, 1.165) is 11.3 Å². The lowest BCUT2D eigenvalue weighted by molar-refractivity contribution is 0.355. The Morgan fingerprint density at radius 1 is 1.08 bits per heavy atom. The highest BCUT2D eigenvalue weighted by Crippen LogP contribution is 2.32. The Kier molecular flexibility index (Phi) is 4.64. The second-order valence-electron chi connectivity index (χ2n) is 5.62. The first kappa shape index (κ1) is 17.9. The van der Waals surface area contributed by atoms with Crippen molar-refractivity contribution in [1.82, 2.24) is 10.2 Å². The number of methoxy groups -OCH3 is 2. The van der Waals surface area contributed by atoms with Gasteiger partial charge in [0.05, 0.1) is 19.9 Å². The van der Waals surface area contributed by atoms with Crippen LogP contribution >= 0.6 is 0 Å². The minimum absolute atomic E-state index is 0.206. The third-order valence-electron chi connectivity index (χ3n) is 3.97. The summed E-state index contributed by atoms with van der Waals surface area (Å²) in [5.74, 6) is 1.29. The van der Waals surface area contributed by atoms with Crippen LogP contribution in [0, 0.1) is 13.8 Å². The topological polar surface area (TPSA) is 106 Å². The van der Waals surface area contributed by atoms with Gasteiger partial charge >= 0.3 is 0 Å². The lowest BCUT2D eigenvalue weighted by atomic mass is 10.2. The smallest absolute Gasteiger partial charge is 0.295 e. The van der Waals surface area contributed by atoms with Gasteiger partial charge < -0.3 is 13.9 Å². The summed E-state index contributed by atoms with van der Waals surface area (Å²) >= 11 is 0. The molecule has 3 aromatic rings. The molecule has 0 unspecified atom stereocenters. The standard InChI is InChI=1S/C17H19N3O5S/c1-10-11(2)18-19-17(10)14-7-8-16(25-14)26(21,22)20-12-5-6-13(23-3)15(9-12)24-4/h5-9,20H,1-4H3,(H,18,19). The second kappa shape index (κ2) is 6.75. The van der Waals surface area contributed by atoms with Gasteiger partial charge in [-0.05, 0) is 38.1 Å². The zero-order valence-electron chi connectivity index (χ0n) is 14.8. The predicted octanol–water partition coefficient (Wildman–Crippen LogP) is 3.10. The number of hydrogen-bond donors (Lipinski definition) is 2. The average Bonchev–Trinajstić information content (AvgIpc) is 3.23. The molecule has 0 aliphatic rings. The van der Waals surface area contributed by atoms with Crippen LogP contribution in [0.4, 0.5) is 5.69 Å². The van der Waals surface area contributed by atoms with Crippen molar-refractivity contribution in [2.75, 3.05) is 18.9 Å². The Morgan fingerprint density at radius 3 is 2.42 bits per heavy atom. The molecule has 2 N–H and O–H groups in total. The van der Waals surface area contributed by atoms with E-state index in [4.69, 9.17) is 13.9 Å². The minimum Gasteiger partial charge on any atom is -0.493 e. The molecule has 2 aromatic heterocycles. The number of hydrogen-bond acceptors (Lipinski definition) is 6. The first-order chi connectivity index (χ1) is 12.4. The van der Waals surface area contributed by atoms with E-state index in [9.17, 15) is 8.42 Å². The average molecular weight is 377 g/mol. The van der Waals surface area contributed by atoms with Gasteiger partial charge in [-0.25, -0.2) is 0 Å². The van der Waals surface area contributed by atoms with Crippen molar-refractivity contribution >= 4 is 15.7 Å². The van der Waals surface area contributed by atoms with Crippen molar-refractivity contribution < 1.29 is 22.3 Å². The van der Waals surface area contributed by atoms with Crippen molar-refractivity contribution in [3.8, 4) is 23.0 Å². The third kappa shape index (κ3) is 3.25. The fourth-order valence-corrected chi connectivity index (χ4v) is 3.41. The molecule has 0 amide bonds. The van der Waals surface area contributed by atoms with E-state index in [1.807, 2.05) is 13.8 Å². The Hall–Kier alpha value is -2.94. The van der Waals surface area contributed by atoms with E-state index in [1.54, 1.807) is 18.2 Å². The summed E-state index contributed by atoms with van der Waals surface area (Å²) in [5.41, 5.74) is 2.70. The molecule has 138 valence electrons. The van der Waals surface area contributed by atoms with Gasteiger partial charge in [-0.2, -0.15) is 13.5 Å². The quantitative estimate of drug-likeness (QED) is 0.684. The first-order valence-electron chi connectivity index (χ1n) is 7.72. The zero-order valence-corrected chi connectivity index (χ0v) is 15.6. The third-order valence-corrected chi connectivity index (χ3v) is 5.22. The first-order valence-corrected chi connectivity index (χ1v) is 9.20. The highest BCUT2D eigenvalue weighted by atomic mass is 32.2. The molecule has 0 saturated carbocycles. The summed E-state index contributed by atoms with van der Waals surface area (Å²) in [6.07, 6.45) is 0. The number of nitrogens with one attached hydrogen (secondary N) is 2. The normalized spacial score (nSPS) is 11.4. The predicted molar refractivity (Wildman–Crippen MR) is 96.1 cm³/mol. The fourth-order valence-electron chi connectivity index (χ4n) is 2.42. The summed E-state index contributed by atoms with van der Waals surface area (Å²) in [7, 11) is -0.922. The summed E-state index contributed by atoms with van der Waals surface area (Å²) in [4.78, 5) is 0. The lowest BCUT2D eigenvalue weighted by Crippen LogP contribution is -2.12. The van der Waals surface area contributed by atoms with E-state index < -0.39 is 10.0 Å². The molecular weight excluding hydrogens is 358 g/mol. The molecule has 0 saturated heterocycles. The monoisotopic (exact) mass is 377 g/mol. The molecule has 0 aliphatic carbocycles. The number of furan rings is 1. The van der Waals surface area contributed by atoms with E-state index in [2.05, 4.69) is 14.9 Å². The number of benzene rings is 1. The van der Waals surface area contributed by atoms with E-state index in [0.29, 0.717) is 28.6 Å². The van der Waals surface area contributed by atoms with Crippen molar-refractivity contribution in [1.29, 1.82) is 0 Å². The molecule has 0 bridgehead atoms. The Balaban J connectivity index is 1.89. The Bertz CT molecular complexity index is 1040. The molecule has 3 rings (SSSR count). The van der Waals surface area contributed by atoms with Crippen LogP contribution in [0.25, 0.3) is 11.5 Å². The number of aryl methyl sites for hydroxylation is 1. The number of H-pyrrole nitrogens is 1. The molecular formula is C17H19N3O5S. The molecule has 0 spiro atoms. The highest BCUT2D eigenvalue weighted by molar-refractivity contribution is 7.92. The maximum absolute atomic E-state index is 12.6. The molecule has 0 atom stereocenters. The van der Waals surface area contributed by atoms with Gasteiger partial charge in [-0.15, -0.1) is 0 Å². The minimum atomic E-state index is -3.90. The number of aromatic amines is 1. The Morgan fingerprint density at radius 2 is 1.81 bits per heavy atom. The van der Waals surface area contributed by atoms with Crippen molar-refractivity contribution in [2.45, 2.75) is 18.9 Å². The van der Waals surface area contributed by atoms with Crippen LogP contribution in [0.2, 0.25) is 0 Å². The summed E-state index contributed by atoms with van der Waals surface area (Å²) in [6, 6.07) is 7.68. The van der Waals surface area contributed by atoms with Crippen molar-refractivity contribution in [3.63, 3.8) is 0 Å². The number of sulfonamides is 1. The number of rotatable bonds is 6. The van der Waals surface area contributed by atoms with Gasteiger partial charge in [-0.3, -0.25) is 9.82 Å². The Labute approximate surface area is 151 Å². The number of anilines is 1.